The molecule has 3 N–H and O–H groups in total. The van der Waals surface area contributed by atoms with Gasteiger partial charge in [-0.15, -0.1) is 0 Å². The zero-order valence-electron chi connectivity index (χ0n) is 19.7. The summed E-state index contributed by atoms with van der Waals surface area (Å²) in [6, 6.07) is 0. The molecule has 0 amide bonds. The van der Waals surface area contributed by atoms with Crippen LogP contribution in [0.15, 0.2) is 11.6 Å². The summed E-state index contributed by atoms with van der Waals surface area (Å²) in [7, 11) is 0. The van der Waals surface area contributed by atoms with Crippen LogP contribution in [-0.4, -0.2) is 45.8 Å². The molecule has 4 aliphatic rings. The molecular weight excluding hydrogens is 376 g/mol. The van der Waals surface area contributed by atoms with Crippen LogP contribution in [0.4, 0.5) is 0 Å². The third-order valence-corrected chi connectivity index (χ3v) is 9.91. The number of hydrogen-bond acceptors (Lipinski definition) is 4. The van der Waals surface area contributed by atoms with E-state index in [9.17, 15) is 15.3 Å². The van der Waals surface area contributed by atoms with E-state index >= 15 is 0 Å². The summed E-state index contributed by atoms with van der Waals surface area (Å²) >= 11 is 0. The van der Waals surface area contributed by atoms with Crippen LogP contribution in [0, 0.1) is 34.5 Å². The second-order valence-corrected chi connectivity index (χ2v) is 12.1. The molecule has 0 saturated heterocycles. The van der Waals surface area contributed by atoms with E-state index in [1.807, 2.05) is 13.8 Å². The van der Waals surface area contributed by atoms with Gasteiger partial charge in [0.15, 0.2) is 0 Å². The SMILES string of the molecule is C[C@H](OCCC(C)(C)O)[C@H]1CC[C@H]2[C@@H]3CC=C4C[C@@H](O)C[C@H](O)[C@]4(C)[C@H]3CC[C@]12C. The van der Waals surface area contributed by atoms with Crippen LogP contribution >= 0.6 is 0 Å². The molecule has 0 radical (unpaired) electrons. The number of fused-ring (bicyclic) bond motifs is 5. The Morgan fingerprint density at radius 2 is 1.90 bits per heavy atom. The van der Waals surface area contributed by atoms with Gasteiger partial charge in [-0.3, -0.25) is 0 Å². The molecule has 0 aromatic heterocycles. The second-order valence-electron chi connectivity index (χ2n) is 12.1. The van der Waals surface area contributed by atoms with Gasteiger partial charge in [-0.05, 0) is 94.8 Å². The first-order valence-electron chi connectivity index (χ1n) is 12.4. The summed E-state index contributed by atoms with van der Waals surface area (Å²) < 4.78 is 6.25. The number of allylic oxidation sites excluding steroid dienone is 1. The van der Waals surface area contributed by atoms with Crippen LogP contribution in [-0.2, 0) is 4.74 Å². The predicted octanol–water partition coefficient (Wildman–Crippen LogP) is 4.46. The van der Waals surface area contributed by atoms with Crippen LogP contribution < -0.4 is 0 Å². The van der Waals surface area contributed by atoms with E-state index < -0.39 is 11.7 Å². The van der Waals surface area contributed by atoms with E-state index in [0.29, 0.717) is 48.5 Å². The van der Waals surface area contributed by atoms with Gasteiger partial charge < -0.3 is 20.1 Å². The van der Waals surface area contributed by atoms with Gasteiger partial charge in [-0.1, -0.05) is 25.5 Å². The lowest BCUT2D eigenvalue weighted by atomic mass is 9.46. The maximum Gasteiger partial charge on any atom is 0.0658 e. The predicted molar refractivity (Wildman–Crippen MR) is 119 cm³/mol. The van der Waals surface area contributed by atoms with Gasteiger partial charge in [-0.25, -0.2) is 0 Å². The Bertz CT molecular complexity index is 666. The molecule has 0 aromatic rings. The van der Waals surface area contributed by atoms with Gasteiger partial charge in [0.1, 0.15) is 0 Å². The molecule has 3 saturated carbocycles. The number of ether oxygens (including phenoxy) is 1. The number of aliphatic hydroxyl groups excluding tert-OH is 2. The van der Waals surface area contributed by atoms with Gasteiger partial charge in [0, 0.05) is 18.4 Å². The van der Waals surface area contributed by atoms with Gasteiger partial charge >= 0.3 is 0 Å². The fraction of sp³-hybridized carbons (Fsp3) is 0.923. The van der Waals surface area contributed by atoms with Gasteiger partial charge in [0.25, 0.3) is 0 Å². The Hall–Kier alpha value is -0.420. The standard InChI is InChI=1S/C26H44O4/c1-16(30-13-12-24(2,3)29)20-8-9-21-19-7-6-17-14-18(27)15-23(28)26(17,5)22(19)10-11-25(20,21)4/h6,16,18-23,27-29H,7-15H2,1-5H3/t16-,18+,19-,20+,21-,22-,23-,25+,26-/m0/s1. The molecule has 4 rings (SSSR count). The largest absolute Gasteiger partial charge is 0.393 e. The fourth-order valence-corrected chi connectivity index (χ4v) is 8.12. The van der Waals surface area contributed by atoms with E-state index in [-0.39, 0.29) is 17.6 Å². The van der Waals surface area contributed by atoms with E-state index in [0.717, 1.165) is 12.8 Å². The van der Waals surface area contributed by atoms with Crippen molar-refractivity contribution in [3.05, 3.63) is 11.6 Å². The maximum absolute atomic E-state index is 11.0. The lowest BCUT2D eigenvalue weighted by Gasteiger charge is -2.59. The van der Waals surface area contributed by atoms with Crippen LogP contribution in [0.25, 0.3) is 0 Å². The highest BCUT2D eigenvalue weighted by atomic mass is 16.5. The van der Waals surface area contributed by atoms with Crippen LogP contribution in [0.2, 0.25) is 0 Å². The highest BCUT2D eigenvalue weighted by molar-refractivity contribution is 5.27. The molecular formula is C26H44O4. The second kappa shape index (κ2) is 7.86. The quantitative estimate of drug-likeness (QED) is 0.574. The summed E-state index contributed by atoms with van der Waals surface area (Å²) in [6.45, 7) is 11.3. The Balaban J connectivity index is 1.50. The van der Waals surface area contributed by atoms with Crippen molar-refractivity contribution in [3.8, 4) is 0 Å². The Morgan fingerprint density at radius 3 is 2.60 bits per heavy atom. The zero-order chi connectivity index (χ0) is 21.9. The van der Waals surface area contributed by atoms with E-state index in [2.05, 4.69) is 26.8 Å². The van der Waals surface area contributed by atoms with Gasteiger partial charge in [0.05, 0.1) is 23.9 Å². The number of aliphatic hydroxyl groups is 3. The van der Waals surface area contributed by atoms with E-state index in [4.69, 9.17) is 4.74 Å². The first kappa shape index (κ1) is 22.8. The minimum Gasteiger partial charge on any atom is -0.393 e. The lowest BCUT2D eigenvalue weighted by Crippen LogP contribution is -2.56. The molecule has 9 atom stereocenters. The van der Waals surface area contributed by atoms with Gasteiger partial charge in [0.2, 0.25) is 0 Å². The molecule has 0 aromatic carbocycles. The monoisotopic (exact) mass is 420 g/mol. The van der Waals surface area contributed by atoms with Crippen LogP contribution in [0.1, 0.15) is 86.0 Å². The molecule has 30 heavy (non-hydrogen) atoms. The summed E-state index contributed by atoms with van der Waals surface area (Å²) in [5.74, 6) is 2.43. The third-order valence-electron chi connectivity index (χ3n) is 9.91. The van der Waals surface area contributed by atoms with Crippen molar-refractivity contribution in [2.24, 2.45) is 34.5 Å². The molecule has 0 unspecified atom stereocenters. The molecule has 0 spiro atoms. The average molecular weight is 421 g/mol. The minimum atomic E-state index is -0.671. The van der Waals surface area contributed by atoms with E-state index in [1.165, 1.54) is 31.3 Å². The van der Waals surface area contributed by atoms with Crippen molar-refractivity contribution in [1.29, 1.82) is 0 Å². The molecule has 4 nitrogen and oxygen atoms in total. The maximum atomic E-state index is 11.0. The lowest BCUT2D eigenvalue weighted by molar-refractivity contribution is -0.117. The normalized spacial score (nSPS) is 47.1. The Morgan fingerprint density at radius 1 is 1.17 bits per heavy atom. The highest BCUT2D eigenvalue weighted by Gasteiger charge is 2.61. The van der Waals surface area contributed by atoms with Crippen LogP contribution in [0.3, 0.4) is 0 Å². The van der Waals surface area contributed by atoms with Crippen molar-refractivity contribution in [2.75, 3.05) is 6.61 Å². The molecule has 0 bridgehead atoms. The molecule has 4 heteroatoms. The zero-order valence-corrected chi connectivity index (χ0v) is 19.7. The first-order chi connectivity index (χ1) is 14.0. The molecule has 4 aliphatic carbocycles. The third kappa shape index (κ3) is 3.70. The Labute approximate surface area is 183 Å². The molecule has 172 valence electrons. The van der Waals surface area contributed by atoms with Crippen molar-refractivity contribution in [2.45, 2.75) is 110 Å². The first-order valence-corrected chi connectivity index (χ1v) is 12.4. The summed E-state index contributed by atoms with van der Waals surface area (Å²) in [6.07, 6.45) is 9.71. The Kier molecular flexibility index (Phi) is 5.97. The number of rotatable bonds is 5. The van der Waals surface area contributed by atoms with Crippen molar-refractivity contribution < 1.29 is 20.1 Å². The number of hydrogen-bond donors (Lipinski definition) is 3. The topological polar surface area (TPSA) is 69.9 Å². The molecule has 0 aliphatic heterocycles. The summed E-state index contributed by atoms with van der Waals surface area (Å²) in [5, 5.41) is 31.2. The van der Waals surface area contributed by atoms with Crippen molar-refractivity contribution in [1.82, 2.24) is 0 Å². The van der Waals surface area contributed by atoms with Crippen molar-refractivity contribution >= 4 is 0 Å². The average Bonchev–Trinajstić information content (AvgIpc) is 2.99. The van der Waals surface area contributed by atoms with Crippen molar-refractivity contribution in [3.63, 3.8) is 0 Å². The molecule has 0 heterocycles. The highest BCUT2D eigenvalue weighted by Crippen LogP contribution is 2.66. The van der Waals surface area contributed by atoms with Gasteiger partial charge in [-0.2, -0.15) is 0 Å². The fourth-order valence-electron chi connectivity index (χ4n) is 8.12. The summed E-state index contributed by atoms with van der Waals surface area (Å²) in [5.41, 5.74) is 0.791. The molecule has 3 fully saturated rings. The smallest absolute Gasteiger partial charge is 0.0658 e. The van der Waals surface area contributed by atoms with Crippen LogP contribution in [0.5, 0.6) is 0 Å². The van der Waals surface area contributed by atoms with E-state index in [1.54, 1.807) is 0 Å². The minimum absolute atomic E-state index is 0.156. The summed E-state index contributed by atoms with van der Waals surface area (Å²) in [4.78, 5) is 0.